The Morgan fingerprint density at radius 3 is 2.93 bits per heavy atom. The second kappa shape index (κ2) is 5.61. The quantitative estimate of drug-likeness (QED) is 0.567. The van der Waals surface area contributed by atoms with Gasteiger partial charge in [0.1, 0.15) is 10.6 Å². The summed E-state index contributed by atoms with van der Waals surface area (Å²) in [5.41, 5.74) is 0. The van der Waals surface area contributed by atoms with Crippen LogP contribution >= 0.6 is 15.9 Å². The molecule has 1 rings (SSSR count). The number of piperidine rings is 1. The standard InChI is InChI=1S/C10H16BrNO3/c1-7-5-12(4-3-9(7)13)6-8(11)10(14)15-2/h7-8H,3-6H2,1-2H3. The average Bonchev–Trinajstić information content (AvgIpc) is 2.22. The Morgan fingerprint density at radius 2 is 2.40 bits per heavy atom. The molecule has 1 heterocycles. The van der Waals surface area contributed by atoms with E-state index >= 15 is 0 Å². The zero-order valence-corrected chi connectivity index (χ0v) is 10.6. The summed E-state index contributed by atoms with van der Waals surface area (Å²) in [6, 6.07) is 0. The van der Waals surface area contributed by atoms with Gasteiger partial charge >= 0.3 is 5.97 Å². The van der Waals surface area contributed by atoms with Gasteiger partial charge in [0.05, 0.1) is 7.11 Å². The first-order valence-electron chi connectivity index (χ1n) is 5.01. The maximum Gasteiger partial charge on any atom is 0.320 e. The molecule has 1 fully saturated rings. The largest absolute Gasteiger partial charge is 0.468 e. The number of nitrogens with zero attached hydrogens (tertiary/aromatic N) is 1. The maximum atomic E-state index is 11.3. The number of Topliss-reactive ketones (excluding diaryl/α,β-unsaturated/α-hetero) is 1. The van der Waals surface area contributed by atoms with Crippen molar-refractivity contribution in [3.8, 4) is 0 Å². The summed E-state index contributed by atoms with van der Waals surface area (Å²) in [6.07, 6.45) is 0.585. The number of rotatable bonds is 3. The van der Waals surface area contributed by atoms with E-state index in [0.29, 0.717) is 18.7 Å². The molecule has 0 spiro atoms. The number of hydrogen-bond acceptors (Lipinski definition) is 4. The predicted octanol–water partition coefficient (Wildman–Crippen LogP) is 0.834. The van der Waals surface area contributed by atoms with Crippen LogP contribution in [0.15, 0.2) is 0 Å². The second-order valence-electron chi connectivity index (χ2n) is 3.87. The highest BCUT2D eigenvalue weighted by atomic mass is 79.9. The lowest BCUT2D eigenvalue weighted by Gasteiger charge is -2.30. The van der Waals surface area contributed by atoms with Crippen molar-refractivity contribution in [2.75, 3.05) is 26.7 Å². The van der Waals surface area contributed by atoms with Gasteiger partial charge in [-0.1, -0.05) is 22.9 Å². The molecular formula is C10H16BrNO3. The average molecular weight is 278 g/mol. The molecule has 0 saturated carbocycles. The van der Waals surface area contributed by atoms with E-state index < -0.39 is 0 Å². The molecule has 0 amide bonds. The van der Waals surface area contributed by atoms with E-state index in [1.807, 2.05) is 6.92 Å². The van der Waals surface area contributed by atoms with E-state index in [4.69, 9.17) is 0 Å². The van der Waals surface area contributed by atoms with Crippen LogP contribution in [0.2, 0.25) is 0 Å². The molecule has 2 atom stereocenters. The van der Waals surface area contributed by atoms with Crippen molar-refractivity contribution in [1.29, 1.82) is 0 Å². The molecule has 1 aliphatic heterocycles. The zero-order chi connectivity index (χ0) is 11.4. The number of hydrogen-bond donors (Lipinski definition) is 0. The minimum atomic E-state index is -0.303. The fraction of sp³-hybridized carbons (Fsp3) is 0.800. The molecule has 0 aliphatic carbocycles. The third kappa shape index (κ3) is 3.57. The van der Waals surface area contributed by atoms with Gasteiger partial charge in [-0.2, -0.15) is 0 Å². The van der Waals surface area contributed by atoms with Gasteiger partial charge in [0, 0.05) is 32.0 Å². The number of ether oxygens (including phenoxy) is 1. The summed E-state index contributed by atoms with van der Waals surface area (Å²) >= 11 is 3.27. The van der Waals surface area contributed by atoms with Crippen molar-refractivity contribution in [1.82, 2.24) is 4.90 Å². The Bertz CT molecular complexity index is 257. The predicted molar refractivity (Wildman–Crippen MR) is 60.0 cm³/mol. The molecule has 2 unspecified atom stereocenters. The van der Waals surface area contributed by atoms with Crippen LogP contribution in [0, 0.1) is 5.92 Å². The van der Waals surface area contributed by atoms with Gasteiger partial charge in [0.15, 0.2) is 0 Å². The molecule has 0 aromatic carbocycles. The summed E-state index contributed by atoms with van der Waals surface area (Å²) in [5, 5.41) is 0. The van der Waals surface area contributed by atoms with Crippen LogP contribution in [0.4, 0.5) is 0 Å². The van der Waals surface area contributed by atoms with Gasteiger partial charge in [-0.05, 0) is 0 Å². The van der Waals surface area contributed by atoms with Crippen molar-refractivity contribution < 1.29 is 14.3 Å². The van der Waals surface area contributed by atoms with Crippen molar-refractivity contribution in [2.45, 2.75) is 18.2 Å². The summed E-state index contributed by atoms with van der Waals surface area (Å²) < 4.78 is 4.62. The highest BCUT2D eigenvalue weighted by Gasteiger charge is 2.26. The van der Waals surface area contributed by atoms with E-state index in [1.54, 1.807) is 0 Å². The SMILES string of the molecule is COC(=O)C(Br)CN1CCC(=O)C(C)C1. The molecule has 15 heavy (non-hydrogen) atoms. The molecule has 1 aliphatic rings. The number of alkyl halides is 1. The number of likely N-dealkylation sites (tertiary alicyclic amines) is 1. The lowest BCUT2D eigenvalue weighted by molar-refractivity contribution is -0.140. The Morgan fingerprint density at radius 1 is 1.73 bits per heavy atom. The first-order chi connectivity index (χ1) is 7.04. The van der Waals surface area contributed by atoms with Crippen LogP contribution in [-0.2, 0) is 14.3 Å². The summed E-state index contributed by atoms with van der Waals surface area (Å²) in [6.45, 7) is 4.00. The van der Waals surface area contributed by atoms with Gasteiger partial charge in [-0.15, -0.1) is 0 Å². The van der Waals surface area contributed by atoms with E-state index in [2.05, 4.69) is 25.6 Å². The van der Waals surface area contributed by atoms with Crippen molar-refractivity contribution in [3.63, 3.8) is 0 Å². The minimum absolute atomic E-state index is 0.0797. The zero-order valence-electron chi connectivity index (χ0n) is 9.03. The molecular weight excluding hydrogens is 262 g/mol. The fourth-order valence-corrected chi connectivity index (χ4v) is 2.29. The third-order valence-electron chi connectivity index (χ3n) is 2.63. The van der Waals surface area contributed by atoms with Gasteiger partial charge in [-0.3, -0.25) is 9.59 Å². The number of ketones is 1. The van der Waals surface area contributed by atoms with Crippen LogP contribution in [-0.4, -0.2) is 48.2 Å². The van der Waals surface area contributed by atoms with Crippen molar-refractivity contribution >= 4 is 27.7 Å². The number of halogens is 1. The Labute approximate surface area is 98.1 Å². The van der Waals surface area contributed by atoms with Gasteiger partial charge < -0.3 is 9.64 Å². The van der Waals surface area contributed by atoms with Crippen LogP contribution in [0.3, 0.4) is 0 Å². The number of esters is 1. The van der Waals surface area contributed by atoms with Crippen LogP contribution in [0.25, 0.3) is 0 Å². The lowest BCUT2D eigenvalue weighted by Crippen LogP contribution is -2.43. The number of carbonyl (C=O) groups excluding carboxylic acids is 2. The maximum absolute atomic E-state index is 11.3. The highest BCUT2D eigenvalue weighted by Crippen LogP contribution is 2.14. The monoisotopic (exact) mass is 277 g/mol. The molecule has 0 N–H and O–H groups in total. The third-order valence-corrected chi connectivity index (χ3v) is 3.29. The van der Waals surface area contributed by atoms with Gasteiger partial charge in [0.2, 0.25) is 0 Å². The first kappa shape index (κ1) is 12.6. The van der Waals surface area contributed by atoms with Crippen LogP contribution in [0.1, 0.15) is 13.3 Å². The molecule has 0 aromatic rings. The summed E-state index contributed by atoms with van der Waals surface area (Å²) in [5.74, 6) is 0.131. The molecule has 0 aromatic heterocycles. The fourth-order valence-electron chi connectivity index (χ4n) is 1.69. The summed E-state index contributed by atoms with van der Waals surface area (Å²) in [7, 11) is 1.37. The second-order valence-corrected chi connectivity index (χ2v) is 4.97. The normalized spacial score (nSPS) is 25.0. The van der Waals surface area contributed by atoms with Crippen molar-refractivity contribution in [3.05, 3.63) is 0 Å². The topological polar surface area (TPSA) is 46.6 Å². The number of methoxy groups -OCH3 is 1. The first-order valence-corrected chi connectivity index (χ1v) is 5.93. The Hall–Kier alpha value is -0.420. The van der Waals surface area contributed by atoms with Gasteiger partial charge in [-0.25, -0.2) is 0 Å². The minimum Gasteiger partial charge on any atom is -0.468 e. The number of carbonyl (C=O) groups is 2. The summed E-state index contributed by atoms with van der Waals surface area (Å²) in [4.78, 5) is 24.3. The Kier molecular flexibility index (Phi) is 4.73. The molecule has 4 nitrogen and oxygen atoms in total. The molecule has 1 saturated heterocycles. The highest BCUT2D eigenvalue weighted by molar-refractivity contribution is 9.10. The van der Waals surface area contributed by atoms with E-state index in [0.717, 1.165) is 13.1 Å². The molecule has 0 radical (unpaired) electrons. The van der Waals surface area contributed by atoms with Crippen LogP contribution < -0.4 is 0 Å². The van der Waals surface area contributed by atoms with E-state index in [1.165, 1.54) is 7.11 Å². The van der Waals surface area contributed by atoms with E-state index in [9.17, 15) is 9.59 Å². The van der Waals surface area contributed by atoms with Gasteiger partial charge in [0.25, 0.3) is 0 Å². The molecule has 5 heteroatoms. The molecule has 0 bridgehead atoms. The van der Waals surface area contributed by atoms with E-state index in [-0.39, 0.29) is 16.7 Å². The molecule has 86 valence electrons. The van der Waals surface area contributed by atoms with Crippen LogP contribution in [0.5, 0.6) is 0 Å². The van der Waals surface area contributed by atoms with Crippen molar-refractivity contribution in [2.24, 2.45) is 5.92 Å². The lowest BCUT2D eigenvalue weighted by atomic mass is 9.98. The Balaban J connectivity index is 2.39. The smallest absolute Gasteiger partial charge is 0.320 e.